The Bertz CT molecular complexity index is 951. The molecule has 3 aromatic rings. The van der Waals surface area contributed by atoms with Crippen molar-refractivity contribution in [1.29, 1.82) is 0 Å². The molecule has 5 rings (SSSR count). The third-order valence-corrected chi connectivity index (χ3v) is 5.25. The maximum atomic E-state index is 6.39. The van der Waals surface area contributed by atoms with E-state index in [1.807, 2.05) is 0 Å². The topological polar surface area (TPSA) is 17.3 Å². The predicted octanol–water partition coefficient (Wildman–Crippen LogP) is 4.63. The standard InChI is InChI=1S/C20H17ClN2/c21-15-11-14-7-4-10-23-19(14)17(12-15)16-8-9-22-18(20(16)23)13-5-2-1-3-6-13/h1-3,5-6,11-12H,4,7-10H2. The molecule has 0 atom stereocenters. The molecule has 114 valence electrons. The highest BCUT2D eigenvalue weighted by Gasteiger charge is 2.27. The van der Waals surface area contributed by atoms with E-state index in [0.29, 0.717) is 0 Å². The van der Waals surface area contributed by atoms with Crippen LogP contribution in [0.1, 0.15) is 28.8 Å². The van der Waals surface area contributed by atoms with Gasteiger partial charge in [0.15, 0.2) is 0 Å². The van der Waals surface area contributed by atoms with Gasteiger partial charge in [0, 0.05) is 29.1 Å². The van der Waals surface area contributed by atoms with Crippen LogP contribution in [0.5, 0.6) is 0 Å². The van der Waals surface area contributed by atoms with Crippen LogP contribution in [0.4, 0.5) is 0 Å². The molecule has 2 nitrogen and oxygen atoms in total. The molecule has 0 radical (unpaired) electrons. The maximum Gasteiger partial charge on any atom is 0.0886 e. The van der Waals surface area contributed by atoms with E-state index in [9.17, 15) is 0 Å². The van der Waals surface area contributed by atoms with E-state index in [1.54, 1.807) is 0 Å². The molecule has 0 spiro atoms. The number of aromatic nitrogens is 1. The van der Waals surface area contributed by atoms with Crippen LogP contribution < -0.4 is 0 Å². The molecular weight excluding hydrogens is 304 g/mol. The van der Waals surface area contributed by atoms with E-state index < -0.39 is 0 Å². The van der Waals surface area contributed by atoms with Crippen molar-refractivity contribution in [3.8, 4) is 0 Å². The first-order valence-corrected chi connectivity index (χ1v) is 8.64. The summed E-state index contributed by atoms with van der Waals surface area (Å²) in [4.78, 5) is 4.88. The molecule has 2 aliphatic heterocycles. The van der Waals surface area contributed by atoms with Gasteiger partial charge in [-0.05, 0) is 42.5 Å². The summed E-state index contributed by atoms with van der Waals surface area (Å²) in [6, 6.07) is 14.9. The van der Waals surface area contributed by atoms with Crippen LogP contribution in [0.3, 0.4) is 0 Å². The van der Waals surface area contributed by atoms with Gasteiger partial charge < -0.3 is 4.57 Å². The normalized spacial score (nSPS) is 16.3. The number of aryl methyl sites for hydroxylation is 2. The number of hydrogen-bond donors (Lipinski definition) is 0. The van der Waals surface area contributed by atoms with Crippen LogP contribution in [-0.4, -0.2) is 16.8 Å². The zero-order valence-electron chi connectivity index (χ0n) is 12.8. The van der Waals surface area contributed by atoms with Crippen LogP contribution in [0.15, 0.2) is 47.5 Å². The maximum absolute atomic E-state index is 6.39. The largest absolute Gasteiger partial charge is 0.339 e. The highest BCUT2D eigenvalue weighted by atomic mass is 35.5. The Morgan fingerprint density at radius 1 is 1.04 bits per heavy atom. The van der Waals surface area contributed by atoms with Crippen molar-refractivity contribution in [3.05, 3.63) is 69.9 Å². The van der Waals surface area contributed by atoms with Gasteiger partial charge in [0.05, 0.1) is 16.9 Å². The Kier molecular flexibility index (Phi) is 2.89. The number of nitrogens with zero attached hydrogens (tertiary/aromatic N) is 2. The molecule has 0 N–H and O–H groups in total. The van der Waals surface area contributed by atoms with Gasteiger partial charge in [-0.25, -0.2) is 0 Å². The Morgan fingerprint density at radius 3 is 2.78 bits per heavy atom. The Morgan fingerprint density at radius 2 is 1.91 bits per heavy atom. The molecule has 3 heterocycles. The predicted molar refractivity (Wildman–Crippen MR) is 95.9 cm³/mol. The summed E-state index contributed by atoms with van der Waals surface area (Å²) in [6.45, 7) is 1.94. The second-order valence-corrected chi connectivity index (χ2v) is 6.83. The van der Waals surface area contributed by atoms with Gasteiger partial charge in [0.1, 0.15) is 0 Å². The van der Waals surface area contributed by atoms with Crippen molar-refractivity contribution in [3.63, 3.8) is 0 Å². The molecule has 2 aliphatic rings. The lowest BCUT2D eigenvalue weighted by Gasteiger charge is -2.21. The average molecular weight is 321 g/mol. The summed E-state index contributed by atoms with van der Waals surface area (Å²) in [5, 5.41) is 2.20. The van der Waals surface area contributed by atoms with E-state index in [-0.39, 0.29) is 0 Å². The van der Waals surface area contributed by atoms with E-state index >= 15 is 0 Å². The second kappa shape index (κ2) is 4.97. The van der Waals surface area contributed by atoms with Crippen molar-refractivity contribution < 1.29 is 0 Å². The summed E-state index contributed by atoms with van der Waals surface area (Å²) >= 11 is 6.39. The Hall–Kier alpha value is -2.06. The van der Waals surface area contributed by atoms with Crippen LogP contribution >= 0.6 is 11.6 Å². The minimum absolute atomic E-state index is 0.859. The minimum Gasteiger partial charge on any atom is -0.339 e. The molecule has 0 saturated carbocycles. The number of aliphatic imine (C=N–C) groups is 1. The summed E-state index contributed by atoms with van der Waals surface area (Å²) in [5.74, 6) is 0. The van der Waals surface area contributed by atoms with Gasteiger partial charge in [-0.1, -0.05) is 41.9 Å². The van der Waals surface area contributed by atoms with Gasteiger partial charge in [0.2, 0.25) is 0 Å². The molecule has 0 aliphatic carbocycles. The van der Waals surface area contributed by atoms with E-state index in [4.69, 9.17) is 16.6 Å². The molecule has 0 unspecified atom stereocenters. The highest BCUT2D eigenvalue weighted by molar-refractivity contribution is 6.31. The van der Waals surface area contributed by atoms with Crippen LogP contribution in [-0.2, 0) is 19.4 Å². The lowest BCUT2D eigenvalue weighted by molar-refractivity contribution is 0.629. The third-order valence-electron chi connectivity index (χ3n) is 5.04. The molecule has 1 aromatic heterocycles. The quantitative estimate of drug-likeness (QED) is 0.622. The first kappa shape index (κ1) is 13.4. The fourth-order valence-electron chi connectivity index (χ4n) is 4.15. The Balaban J connectivity index is 1.86. The fourth-order valence-corrected chi connectivity index (χ4v) is 4.39. The van der Waals surface area contributed by atoms with Crippen molar-refractivity contribution in [2.75, 3.05) is 6.54 Å². The number of hydrogen-bond acceptors (Lipinski definition) is 1. The minimum atomic E-state index is 0.859. The van der Waals surface area contributed by atoms with Crippen molar-refractivity contribution >= 4 is 28.2 Å². The summed E-state index contributed by atoms with van der Waals surface area (Å²) in [6.07, 6.45) is 3.30. The molecule has 0 amide bonds. The second-order valence-electron chi connectivity index (χ2n) is 6.39. The Labute approximate surface area is 140 Å². The van der Waals surface area contributed by atoms with E-state index in [2.05, 4.69) is 47.0 Å². The third kappa shape index (κ3) is 1.91. The molecule has 2 aromatic carbocycles. The lowest BCUT2D eigenvalue weighted by Crippen LogP contribution is -2.19. The zero-order valence-corrected chi connectivity index (χ0v) is 13.6. The van der Waals surface area contributed by atoms with E-state index in [1.165, 1.54) is 39.7 Å². The summed E-state index contributed by atoms with van der Waals surface area (Å²) in [5.41, 5.74) is 7.88. The number of fused-ring (bicyclic) bond motifs is 3. The number of rotatable bonds is 1. The van der Waals surface area contributed by atoms with Crippen LogP contribution in [0, 0.1) is 0 Å². The summed E-state index contributed by atoms with van der Waals surface area (Å²) in [7, 11) is 0. The molecule has 23 heavy (non-hydrogen) atoms. The van der Waals surface area contributed by atoms with Crippen molar-refractivity contribution in [1.82, 2.24) is 4.57 Å². The molecule has 3 heteroatoms. The smallest absolute Gasteiger partial charge is 0.0886 e. The van der Waals surface area contributed by atoms with Gasteiger partial charge >= 0.3 is 0 Å². The van der Waals surface area contributed by atoms with Crippen LogP contribution in [0.25, 0.3) is 10.9 Å². The highest BCUT2D eigenvalue weighted by Crippen LogP contribution is 2.37. The van der Waals surface area contributed by atoms with Gasteiger partial charge in [0.25, 0.3) is 0 Å². The van der Waals surface area contributed by atoms with Crippen molar-refractivity contribution in [2.45, 2.75) is 25.8 Å². The summed E-state index contributed by atoms with van der Waals surface area (Å²) < 4.78 is 2.49. The van der Waals surface area contributed by atoms with Gasteiger partial charge in [-0.2, -0.15) is 0 Å². The zero-order chi connectivity index (χ0) is 15.4. The van der Waals surface area contributed by atoms with Gasteiger partial charge in [-0.15, -0.1) is 0 Å². The lowest BCUT2D eigenvalue weighted by atomic mass is 9.97. The van der Waals surface area contributed by atoms with Crippen LogP contribution in [0.2, 0.25) is 5.02 Å². The first-order chi connectivity index (χ1) is 11.3. The van der Waals surface area contributed by atoms with E-state index in [0.717, 1.165) is 36.7 Å². The number of benzene rings is 2. The fraction of sp³-hybridized carbons (Fsp3) is 0.250. The molecular formula is C20H17ClN2. The van der Waals surface area contributed by atoms with Crippen molar-refractivity contribution in [2.24, 2.45) is 4.99 Å². The molecule has 0 bridgehead atoms. The monoisotopic (exact) mass is 320 g/mol. The molecule has 0 saturated heterocycles. The SMILES string of the molecule is Clc1cc2c3c(c1)c1c(n3CCC2)C(c2ccccc2)=NCC1. The van der Waals surface area contributed by atoms with Gasteiger partial charge in [-0.3, -0.25) is 4.99 Å². The number of halogens is 1. The average Bonchev–Trinajstić information content (AvgIpc) is 2.91. The first-order valence-electron chi connectivity index (χ1n) is 8.26. The molecule has 0 fully saturated rings.